The molecule has 0 aliphatic heterocycles. The number of carboxylic acid groups (broad SMARTS) is 1. The second kappa shape index (κ2) is 9.72. The van der Waals surface area contributed by atoms with Gasteiger partial charge in [0.05, 0.1) is 12.5 Å². The van der Waals surface area contributed by atoms with Gasteiger partial charge >= 0.3 is 5.97 Å². The average molecular weight is 481 g/mol. The molecule has 0 bridgehead atoms. The largest absolute Gasteiger partial charge is 0.493 e. The Morgan fingerprint density at radius 2 is 1.63 bits per heavy atom. The van der Waals surface area contributed by atoms with Crippen LogP contribution in [0.5, 0.6) is 5.88 Å². The van der Waals surface area contributed by atoms with Crippen LogP contribution in [0, 0.1) is 17.5 Å². The highest BCUT2D eigenvalue weighted by Gasteiger charge is 2.23. The Balaban J connectivity index is 1.57. The Morgan fingerprint density at radius 1 is 0.914 bits per heavy atom. The SMILES string of the molecule is O=C(O)CC(NC(=O)c1cc(O)n(-c2ccc(F)cc2F)n1)c1ccc(-c2cccc(F)c2)cc1. The van der Waals surface area contributed by atoms with Crippen molar-refractivity contribution in [3.05, 3.63) is 102 Å². The summed E-state index contributed by atoms with van der Waals surface area (Å²) in [6, 6.07) is 15.2. The van der Waals surface area contributed by atoms with Crippen molar-refractivity contribution in [2.45, 2.75) is 12.5 Å². The molecule has 1 heterocycles. The monoisotopic (exact) mass is 481 g/mol. The average Bonchev–Trinajstić information content (AvgIpc) is 3.20. The van der Waals surface area contributed by atoms with Gasteiger partial charge in [-0.1, -0.05) is 36.4 Å². The van der Waals surface area contributed by atoms with E-state index in [0.29, 0.717) is 22.8 Å². The molecule has 0 fully saturated rings. The number of aromatic hydroxyl groups is 1. The number of aromatic nitrogens is 2. The van der Waals surface area contributed by atoms with E-state index in [-0.39, 0.29) is 11.4 Å². The van der Waals surface area contributed by atoms with E-state index in [1.54, 1.807) is 36.4 Å². The fraction of sp³-hybridized carbons (Fsp3) is 0.0800. The van der Waals surface area contributed by atoms with Crippen molar-refractivity contribution in [3.8, 4) is 22.7 Å². The molecule has 3 aromatic carbocycles. The summed E-state index contributed by atoms with van der Waals surface area (Å²) in [5.74, 6) is -4.79. The van der Waals surface area contributed by atoms with Crippen molar-refractivity contribution < 1.29 is 33.0 Å². The molecule has 10 heteroatoms. The fourth-order valence-electron chi connectivity index (χ4n) is 3.55. The number of nitrogens with zero attached hydrogens (tertiary/aromatic N) is 2. The number of rotatable bonds is 7. The number of amides is 1. The summed E-state index contributed by atoms with van der Waals surface area (Å²) in [6.45, 7) is 0. The van der Waals surface area contributed by atoms with Gasteiger partial charge in [-0.2, -0.15) is 9.78 Å². The number of carboxylic acids is 1. The van der Waals surface area contributed by atoms with Crippen LogP contribution < -0.4 is 5.32 Å². The number of hydrogen-bond donors (Lipinski definition) is 3. The van der Waals surface area contributed by atoms with Gasteiger partial charge < -0.3 is 15.5 Å². The smallest absolute Gasteiger partial charge is 0.305 e. The first-order chi connectivity index (χ1) is 16.7. The Labute approximate surface area is 197 Å². The lowest BCUT2D eigenvalue weighted by Gasteiger charge is -2.17. The molecular formula is C25H18F3N3O4. The lowest BCUT2D eigenvalue weighted by molar-refractivity contribution is -0.137. The van der Waals surface area contributed by atoms with Gasteiger partial charge in [0.2, 0.25) is 5.88 Å². The predicted octanol–water partition coefficient (Wildman–Crippen LogP) is 4.61. The van der Waals surface area contributed by atoms with E-state index in [2.05, 4.69) is 10.4 Å². The van der Waals surface area contributed by atoms with Crippen molar-refractivity contribution in [1.82, 2.24) is 15.1 Å². The molecule has 0 saturated heterocycles. The minimum atomic E-state index is -1.17. The van der Waals surface area contributed by atoms with Crippen LogP contribution in [0.1, 0.15) is 28.5 Å². The van der Waals surface area contributed by atoms with Crippen LogP contribution >= 0.6 is 0 Å². The third kappa shape index (κ3) is 5.32. The number of benzene rings is 3. The van der Waals surface area contributed by atoms with Crippen LogP contribution in [0.4, 0.5) is 13.2 Å². The van der Waals surface area contributed by atoms with Crippen LogP contribution in [-0.2, 0) is 4.79 Å². The summed E-state index contributed by atoms with van der Waals surface area (Å²) in [6.07, 6.45) is -0.454. The van der Waals surface area contributed by atoms with E-state index in [4.69, 9.17) is 0 Å². The summed E-state index contributed by atoms with van der Waals surface area (Å²) in [7, 11) is 0. The van der Waals surface area contributed by atoms with Crippen LogP contribution in [0.3, 0.4) is 0 Å². The molecule has 35 heavy (non-hydrogen) atoms. The first kappa shape index (κ1) is 23.6. The van der Waals surface area contributed by atoms with Crippen molar-refractivity contribution in [3.63, 3.8) is 0 Å². The zero-order valence-corrected chi connectivity index (χ0v) is 18.0. The predicted molar refractivity (Wildman–Crippen MR) is 119 cm³/mol. The van der Waals surface area contributed by atoms with E-state index in [1.807, 2.05) is 0 Å². The lowest BCUT2D eigenvalue weighted by atomic mass is 9.99. The number of hydrogen-bond acceptors (Lipinski definition) is 4. The molecule has 7 nitrogen and oxygen atoms in total. The summed E-state index contributed by atoms with van der Waals surface area (Å²) in [4.78, 5) is 24.2. The summed E-state index contributed by atoms with van der Waals surface area (Å²) in [5.41, 5.74) is 1.20. The first-order valence-corrected chi connectivity index (χ1v) is 10.3. The van der Waals surface area contributed by atoms with E-state index in [1.165, 1.54) is 12.1 Å². The maximum Gasteiger partial charge on any atom is 0.305 e. The second-order valence-corrected chi connectivity index (χ2v) is 7.65. The fourth-order valence-corrected chi connectivity index (χ4v) is 3.55. The van der Waals surface area contributed by atoms with Gasteiger partial charge in [-0.25, -0.2) is 13.2 Å². The van der Waals surface area contributed by atoms with Gasteiger partial charge in [-0.15, -0.1) is 0 Å². The maximum absolute atomic E-state index is 14.1. The molecule has 1 aromatic heterocycles. The highest BCUT2D eigenvalue weighted by molar-refractivity contribution is 5.93. The molecule has 0 radical (unpaired) electrons. The van der Waals surface area contributed by atoms with Gasteiger partial charge in [0, 0.05) is 12.1 Å². The second-order valence-electron chi connectivity index (χ2n) is 7.65. The molecular weight excluding hydrogens is 463 g/mol. The van der Waals surface area contributed by atoms with E-state index in [9.17, 15) is 33.0 Å². The Morgan fingerprint density at radius 3 is 2.29 bits per heavy atom. The molecule has 4 aromatic rings. The van der Waals surface area contributed by atoms with Crippen LogP contribution in [-0.4, -0.2) is 31.9 Å². The summed E-state index contributed by atoms with van der Waals surface area (Å²) in [5, 5.41) is 25.9. The summed E-state index contributed by atoms with van der Waals surface area (Å²) < 4.78 is 41.5. The highest BCUT2D eigenvalue weighted by atomic mass is 19.1. The Bertz CT molecular complexity index is 1400. The van der Waals surface area contributed by atoms with Gasteiger partial charge in [-0.3, -0.25) is 9.59 Å². The van der Waals surface area contributed by atoms with Crippen molar-refractivity contribution in [1.29, 1.82) is 0 Å². The van der Waals surface area contributed by atoms with Crippen LogP contribution in [0.15, 0.2) is 72.8 Å². The zero-order chi connectivity index (χ0) is 25.1. The summed E-state index contributed by atoms with van der Waals surface area (Å²) >= 11 is 0. The molecule has 0 aliphatic rings. The van der Waals surface area contributed by atoms with Crippen molar-refractivity contribution in [2.75, 3.05) is 0 Å². The quantitative estimate of drug-likeness (QED) is 0.358. The van der Waals surface area contributed by atoms with Gasteiger partial charge in [-0.05, 0) is 41.0 Å². The van der Waals surface area contributed by atoms with Crippen LogP contribution in [0.25, 0.3) is 16.8 Å². The Hall–Kier alpha value is -4.60. The molecule has 3 N–H and O–H groups in total. The normalized spacial score (nSPS) is 11.7. The number of nitrogens with one attached hydrogen (secondary N) is 1. The van der Waals surface area contributed by atoms with Crippen molar-refractivity contribution >= 4 is 11.9 Å². The highest BCUT2D eigenvalue weighted by Crippen LogP contribution is 2.25. The molecule has 1 atom stereocenters. The maximum atomic E-state index is 14.1. The van der Waals surface area contributed by atoms with Gasteiger partial charge in [0.1, 0.15) is 17.3 Å². The topological polar surface area (TPSA) is 104 Å². The van der Waals surface area contributed by atoms with Crippen molar-refractivity contribution in [2.24, 2.45) is 0 Å². The van der Waals surface area contributed by atoms with E-state index >= 15 is 0 Å². The third-order valence-corrected chi connectivity index (χ3v) is 5.22. The van der Waals surface area contributed by atoms with E-state index < -0.39 is 47.7 Å². The third-order valence-electron chi connectivity index (χ3n) is 5.22. The molecule has 178 valence electrons. The zero-order valence-electron chi connectivity index (χ0n) is 18.0. The minimum absolute atomic E-state index is 0.280. The minimum Gasteiger partial charge on any atom is -0.493 e. The molecule has 1 amide bonds. The van der Waals surface area contributed by atoms with Crippen LogP contribution in [0.2, 0.25) is 0 Å². The number of carbonyl (C=O) groups excluding carboxylic acids is 1. The first-order valence-electron chi connectivity index (χ1n) is 10.3. The molecule has 0 saturated carbocycles. The number of carbonyl (C=O) groups is 2. The van der Waals surface area contributed by atoms with Gasteiger partial charge in [0.25, 0.3) is 5.91 Å². The molecule has 4 rings (SSSR count). The Kier molecular flexibility index (Phi) is 6.54. The number of halogens is 3. The molecule has 0 aliphatic carbocycles. The standard InChI is InChI=1S/C25H18F3N3O4/c26-17-3-1-2-16(10-17)14-4-6-15(7-5-14)20(13-24(33)34)29-25(35)21-12-23(32)31(30-21)22-9-8-18(27)11-19(22)28/h1-12,20,32H,13H2,(H,29,35)(H,33,34). The number of aliphatic carboxylic acids is 1. The van der Waals surface area contributed by atoms with E-state index in [0.717, 1.165) is 22.9 Å². The molecule has 1 unspecified atom stereocenters. The lowest BCUT2D eigenvalue weighted by Crippen LogP contribution is -2.30. The molecule has 0 spiro atoms. The van der Waals surface area contributed by atoms with Gasteiger partial charge in [0.15, 0.2) is 11.5 Å².